The zero-order chi connectivity index (χ0) is 21.9. The fourth-order valence-corrected chi connectivity index (χ4v) is 3.93. The Morgan fingerprint density at radius 3 is 2.20 bits per heavy atom. The molecule has 0 heterocycles. The van der Waals surface area contributed by atoms with Gasteiger partial charge in [-0.1, -0.05) is 59.6 Å². The average molecular weight is 443 g/mol. The van der Waals surface area contributed by atoms with Crippen LogP contribution in [0.3, 0.4) is 0 Å². The molecule has 2 amide bonds. The van der Waals surface area contributed by atoms with Crippen molar-refractivity contribution in [3.8, 4) is 0 Å². The number of hydrogen-bond acceptors (Lipinski definition) is 4. The molecule has 3 rings (SSSR count). The molecular weight excluding hydrogens is 424 g/mol. The maximum absolute atomic E-state index is 12.9. The lowest BCUT2D eigenvalue weighted by Crippen LogP contribution is -2.41. The molecule has 0 saturated carbocycles. The molecule has 0 bridgehead atoms. The second-order valence-corrected chi connectivity index (χ2v) is 8.76. The zero-order valence-corrected chi connectivity index (χ0v) is 17.9. The number of urea groups is 1. The van der Waals surface area contributed by atoms with Crippen molar-refractivity contribution in [3.05, 3.63) is 94.5 Å². The normalized spacial score (nSPS) is 11.0. The fourth-order valence-electron chi connectivity index (χ4n) is 2.79. The van der Waals surface area contributed by atoms with Gasteiger partial charge in [0.05, 0.1) is 10.6 Å². The van der Waals surface area contributed by atoms with Gasteiger partial charge in [0.2, 0.25) is 0 Å². The summed E-state index contributed by atoms with van der Waals surface area (Å²) in [6.07, 6.45) is 0. The first-order valence-corrected chi connectivity index (χ1v) is 10.8. The number of carbonyl (C=O) groups excluding carboxylic acids is 2. The number of aryl methyl sites for hydroxylation is 1. The van der Waals surface area contributed by atoms with E-state index in [1.54, 1.807) is 42.5 Å². The molecule has 6 nitrogen and oxygen atoms in total. The van der Waals surface area contributed by atoms with E-state index in [0.29, 0.717) is 10.6 Å². The Morgan fingerprint density at radius 1 is 0.933 bits per heavy atom. The second-order valence-electron chi connectivity index (χ2n) is 6.64. The molecule has 0 aliphatic heterocycles. The molecular formula is C22H19ClN2O4S. The van der Waals surface area contributed by atoms with E-state index in [9.17, 15) is 18.0 Å². The summed E-state index contributed by atoms with van der Waals surface area (Å²) >= 11 is 6.07. The minimum absolute atomic E-state index is 0.0403. The first-order chi connectivity index (χ1) is 14.2. The van der Waals surface area contributed by atoms with Gasteiger partial charge >= 0.3 is 6.03 Å². The number of sulfonamides is 1. The molecule has 0 unspecified atom stereocenters. The number of nitrogens with zero attached hydrogens (tertiary/aromatic N) is 1. The van der Waals surface area contributed by atoms with Crippen LogP contribution in [0.2, 0.25) is 5.02 Å². The molecule has 0 spiro atoms. The van der Waals surface area contributed by atoms with Crippen LogP contribution in [0, 0.1) is 6.92 Å². The van der Waals surface area contributed by atoms with E-state index in [1.807, 2.05) is 11.6 Å². The van der Waals surface area contributed by atoms with E-state index in [2.05, 4.69) is 0 Å². The summed E-state index contributed by atoms with van der Waals surface area (Å²) in [4.78, 5) is 26.6. The van der Waals surface area contributed by atoms with Crippen LogP contribution < -0.4 is 9.62 Å². The van der Waals surface area contributed by atoms with Crippen LogP contribution in [-0.2, 0) is 10.0 Å². The number of ketones is 1. The minimum atomic E-state index is -4.08. The van der Waals surface area contributed by atoms with Gasteiger partial charge in [-0.2, -0.15) is 0 Å². The van der Waals surface area contributed by atoms with Gasteiger partial charge < -0.3 is 0 Å². The molecule has 1 N–H and O–H groups in total. The SMILES string of the molecule is Cc1ccc(S(=O)(=O)NC(=O)N(C)c2cc(Cl)ccc2C(=O)c2ccccc2)cc1. The number of anilines is 1. The third-order valence-electron chi connectivity index (χ3n) is 4.46. The first kappa shape index (κ1) is 21.5. The zero-order valence-electron chi connectivity index (χ0n) is 16.3. The van der Waals surface area contributed by atoms with E-state index in [0.717, 1.165) is 10.5 Å². The highest BCUT2D eigenvalue weighted by atomic mass is 35.5. The number of carbonyl (C=O) groups is 2. The van der Waals surface area contributed by atoms with Crippen LogP contribution >= 0.6 is 11.6 Å². The molecule has 30 heavy (non-hydrogen) atoms. The Hall–Kier alpha value is -3.16. The number of rotatable bonds is 5. The number of halogens is 1. The van der Waals surface area contributed by atoms with Crippen LogP contribution in [-0.4, -0.2) is 27.3 Å². The summed E-state index contributed by atoms with van der Waals surface area (Å²) in [5.41, 5.74) is 1.73. The monoisotopic (exact) mass is 442 g/mol. The molecule has 0 fully saturated rings. The molecule has 0 aliphatic carbocycles. The van der Waals surface area contributed by atoms with Crippen molar-refractivity contribution < 1.29 is 18.0 Å². The molecule has 0 aromatic heterocycles. The molecule has 0 atom stereocenters. The summed E-state index contributed by atoms with van der Waals surface area (Å²) < 4.78 is 27.1. The summed E-state index contributed by atoms with van der Waals surface area (Å²) in [7, 11) is -2.72. The lowest BCUT2D eigenvalue weighted by atomic mass is 10.0. The molecule has 8 heteroatoms. The van der Waals surface area contributed by atoms with E-state index in [-0.39, 0.29) is 21.9 Å². The number of benzene rings is 3. The molecule has 0 aliphatic rings. The molecule has 154 valence electrons. The van der Waals surface area contributed by atoms with Gasteiger partial charge in [-0.3, -0.25) is 9.69 Å². The van der Waals surface area contributed by atoms with Gasteiger partial charge in [-0.25, -0.2) is 17.9 Å². The topological polar surface area (TPSA) is 83.6 Å². The van der Waals surface area contributed by atoms with Gasteiger partial charge in [0, 0.05) is 23.2 Å². The standard InChI is InChI=1S/C22H19ClN2O4S/c1-15-8-11-18(12-9-15)30(28,29)24-22(27)25(2)20-14-17(23)10-13-19(20)21(26)16-6-4-3-5-7-16/h3-14H,1-2H3,(H,24,27). The van der Waals surface area contributed by atoms with Crippen molar-refractivity contribution in [2.75, 3.05) is 11.9 Å². The first-order valence-electron chi connectivity index (χ1n) is 8.95. The number of nitrogens with one attached hydrogen (secondary N) is 1. The summed E-state index contributed by atoms with van der Waals surface area (Å²) in [5, 5.41) is 0.302. The Balaban J connectivity index is 1.91. The lowest BCUT2D eigenvalue weighted by Gasteiger charge is -2.21. The predicted molar refractivity (Wildman–Crippen MR) is 117 cm³/mol. The minimum Gasteiger partial charge on any atom is -0.296 e. The van der Waals surface area contributed by atoms with Gasteiger partial charge in [-0.05, 0) is 37.3 Å². The maximum atomic E-state index is 12.9. The van der Waals surface area contributed by atoms with Crippen LogP contribution in [0.5, 0.6) is 0 Å². The highest BCUT2D eigenvalue weighted by molar-refractivity contribution is 7.90. The lowest BCUT2D eigenvalue weighted by molar-refractivity contribution is 0.103. The number of hydrogen-bond donors (Lipinski definition) is 1. The summed E-state index contributed by atoms with van der Waals surface area (Å²) in [6, 6.07) is 18.2. The van der Waals surface area contributed by atoms with E-state index in [1.165, 1.54) is 37.4 Å². The Kier molecular flexibility index (Phi) is 6.24. The highest BCUT2D eigenvalue weighted by Crippen LogP contribution is 2.27. The summed E-state index contributed by atoms with van der Waals surface area (Å²) in [6.45, 7) is 1.83. The van der Waals surface area contributed by atoms with Crippen molar-refractivity contribution in [1.82, 2.24) is 4.72 Å². The van der Waals surface area contributed by atoms with Crippen LogP contribution in [0.1, 0.15) is 21.5 Å². The Bertz CT molecular complexity index is 1190. The fraction of sp³-hybridized carbons (Fsp3) is 0.0909. The van der Waals surface area contributed by atoms with E-state index in [4.69, 9.17) is 11.6 Å². The van der Waals surface area contributed by atoms with Gasteiger partial charge in [0.1, 0.15) is 0 Å². The van der Waals surface area contributed by atoms with E-state index < -0.39 is 16.1 Å². The van der Waals surface area contributed by atoms with Crippen LogP contribution in [0.4, 0.5) is 10.5 Å². The highest BCUT2D eigenvalue weighted by Gasteiger charge is 2.24. The Morgan fingerprint density at radius 2 is 1.57 bits per heavy atom. The van der Waals surface area contributed by atoms with Crippen molar-refractivity contribution in [3.63, 3.8) is 0 Å². The largest absolute Gasteiger partial charge is 0.335 e. The molecule has 3 aromatic rings. The van der Waals surface area contributed by atoms with Gasteiger partial charge in [-0.15, -0.1) is 0 Å². The van der Waals surface area contributed by atoms with Crippen LogP contribution in [0.25, 0.3) is 0 Å². The quantitative estimate of drug-likeness (QED) is 0.593. The van der Waals surface area contributed by atoms with Crippen molar-refractivity contribution in [1.29, 1.82) is 0 Å². The Labute approximate surface area is 180 Å². The molecule has 0 saturated heterocycles. The average Bonchev–Trinajstić information content (AvgIpc) is 2.73. The smallest absolute Gasteiger partial charge is 0.296 e. The van der Waals surface area contributed by atoms with Gasteiger partial charge in [0.15, 0.2) is 5.78 Å². The van der Waals surface area contributed by atoms with Crippen LogP contribution in [0.15, 0.2) is 77.7 Å². The van der Waals surface area contributed by atoms with Crippen molar-refractivity contribution in [2.45, 2.75) is 11.8 Å². The summed E-state index contributed by atoms with van der Waals surface area (Å²) in [5.74, 6) is -0.316. The predicted octanol–water partition coefficient (Wildman–Crippen LogP) is 4.41. The van der Waals surface area contributed by atoms with Crippen molar-refractivity contribution in [2.24, 2.45) is 0 Å². The third-order valence-corrected chi connectivity index (χ3v) is 6.03. The van der Waals surface area contributed by atoms with Crippen molar-refractivity contribution >= 4 is 39.1 Å². The third kappa shape index (κ3) is 4.69. The molecule has 3 aromatic carbocycles. The second kappa shape index (κ2) is 8.69. The van der Waals surface area contributed by atoms with E-state index >= 15 is 0 Å². The van der Waals surface area contributed by atoms with Gasteiger partial charge in [0.25, 0.3) is 10.0 Å². The molecule has 0 radical (unpaired) electrons. The maximum Gasteiger partial charge on any atom is 0.335 e. The number of amides is 2.